The Bertz CT molecular complexity index is 2160. The highest BCUT2D eigenvalue weighted by Crippen LogP contribution is 2.42. The summed E-state index contributed by atoms with van der Waals surface area (Å²) in [7, 11) is 2.19. The molecule has 302 valence electrons. The van der Waals surface area contributed by atoms with Crippen molar-refractivity contribution < 1.29 is 37.3 Å². The van der Waals surface area contributed by atoms with Crippen LogP contribution in [0.3, 0.4) is 0 Å². The maximum atomic E-state index is 13.6. The number of rotatable bonds is 20. The van der Waals surface area contributed by atoms with Crippen LogP contribution in [-0.4, -0.2) is 116 Å². The number of carbonyl (C=O) groups excluding carboxylic acids is 1. The van der Waals surface area contributed by atoms with E-state index in [0.29, 0.717) is 86.8 Å². The van der Waals surface area contributed by atoms with Gasteiger partial charge in [-0.05, 0) is 41.8 Å². The van der Waals surface area contributed by atoms with Crippen molar-refractivity contribution in [1.29, 1.82) is 0 Å². The van der Waals surface area contributed by atoms with E-state index in [1.54, 1.807) is 24.4 Å². The average Bonchev–Trinajstić information content (AvgIpc) is 3.68. The fraction of sp³-hybridized carbons (Fsp3) is 0.357. The summed E-state index contributed by atoms with van der Waals surface area (Å²) in [5.41, 5.74) is 4.24. The zero-order chi connectivity index (χ0) is 40.1. The molecule has 1 aromatic heterocycles. The number of aliphatic hydroxyl groups is 1. The number of anilines is 5. The molecule has 0 bridgehead atoms. The van der Waals surface area contributed by atoms with Gasteiger partial charge in [0.15, 0.2) is 0 Å². The maximum absolute atomic E-state index is 13.6. The number of fused-ring (bicyclic) bond motifs is 1. The van der Waals surface area contributed by atoms with Crippen LogP contribution in [0.2, 0.25) is 0 Å². The second-order valence-electron chi connectivity index (χ2n) is 13.5. The fourth-order valence-corrected chi connectivity index (χ4v) is 7.85. The van der Waals surface area contributed by atoms with E-state index < -0.39 is 16.9 Å². The molecule has 2 unspecified atom stereocenters. The summed E-state index contributed by atoms with van der Waals surface area (Å²) in [6.07, 6.45) is 2.38. The van der Waals surface area contributed by atoms with Gasteiger partial charge in [0, 0.05) is 61.3 Å². The van der Waals surface area contributed by atoms with E-state index in [0.717, 1.165) is 22.0 Å². The van der Waals surface area contributed by atoms with Crippen LogP contribution >= 0.6 is 0 Å². The molecule has 15 heteroatoms. The molecule has 1 aliphatic rings. The molecule has 4 aromatic carbocycles. The van der Waals surface area contributed by atoms with Crippen LogP contribution < -0.4 is 19.4 Å². The first kappa shape index (κ1) is 41.3. The van der Waals surface area contributed by atoms with Crippen molar-refractivity contribution >= 4 is 56.5 Å². The third-order valence-electron chi connectivity index (χ3n) is 9.77. The van der Waals surface area contributed by atoms with Crippen LogP contribution in [0, 0.1) is 0 Å². The molecule has 2 atom stereocenters. The molecule has 0 saturated carbocycles. The number of hydrogen-bond acceptors (Lipinski definition) is 13. The van der Waals surface area contributed by atoms with Crippen LogP contribution in [0.4, 0.5) is 28.8 Å². The van der Waals surface area contributed by atoms with Crippen molar-refractivity contribution in [1.82, 2.24) is 9.97 Å². The second kappa shape index (κ2) is 20.2. The molecule has 1 saturated heterocycles. The lowest BCUT2D eigenvalue weighted by Crippen LogP contribution is -2.40. The fourth-order valence-electron chi connectivity index (χ4n) is 7.19. The lowest BCUT2D eigenvalue weighted by molar-refractivity contribution is -0.142. The van der Waals surface area contributed by atoms with E-state index in [4.69, 9.17) is 29.0 Å². The number of aliphatic hydroxyl groups excluding tert-OH is 1. The van der Waals surface area contributed by atoms with Crippen molar-refractivity contribution in [2.24, 2.45) is 0 Å². The van der Waals surface area contributed by atoms with E-state index >= 15 is 0 Å². The van der Waals surface area contributed by atoms with Gasteiger partial charge in [-0.15, -0.1) is 0 Å². The Morgan fingerprint density at radius 2 is 1.53 bits per heavy atom. The summed E-state index contributed by atoms with van der Waals surface area (Å²) >= 11 is 0. The highest BCUT2D eigenvalue weighted by atomic mass is 32.2. The SMILES string of the molecule is COC(=O)C1C(c2ccccc2)CCN1c1nc(NCCOCCOCCOCCO)ncc1-c1cccc(N(c2cccc3c(N(C)C)cccc23)[SH](=O)=O)c1. The molecule has 0 amide bonds. The molecular formula is C42H50N6O8S. The number of esters is 1. The highest BCUT2D eigenvalue weighted by molar-refractivity contribution is 7.74. The first-order chi connectivity index (χ1) is 27.8. The Kier molecular flexibility index (Phi) is 14.6. The smallest absolute Gasteiger partial charge is 0.329 e. The second-order valence-corrected chi connectivity index (χ2v) is 14.4. The number of thiol groups is 1. The van der Waals surface area contributed by atoms with Gasteiger partial charge in [-0.3, -0.25) is 0 Å². The Labute approximate surface area is 335 Å². The molecule has 5 aromatic rings. The molecule has 2 heterocycles. The summed E-state index contributed by atoms with van der Waals surface area (Å²) < 4.78 is 49.4. The molecule has 1 aliphatic heterocycles. The first-order valence-electron chi connectivity index (χ1n) is 18.9. The molecule has 14 nitrogen and oxygen atoms in total. The molecular weight excluding hydrogens is 749 g/mol. The minimum Gasteiger partial charge on any atom is -0.467 e. The number of ether oxygens (including phenoxy) is 4. The average molecular weight is 799 g/mol. The highest BCUT2D eigenvalue weighted by Gasteiger charge is 2.42. The molecule has 2 N–H and O–H groups in total. The van der Waals surface area contributed by atoms with Gasteiger partial charge >= 0.3 is 5.97 Å². The van der Waals surface area contributed by atoms with Crippen LogP contribution in [-0.2, 0) is 34.6 Å². The number of benzene rings is 4. The van der Waals surface area contributed by atoms with Crippen LogP contribution in [0.5, 0.6) is 0 Å². The van der Waals surface area contributed by atoms with Gasteiger partial charge in [0.2, 0.25) is 16.8 Å². The molecule has 1 fully saturated rings. The van der Waals surface area contributed by atoms with E-state index in [2.05, 4.69) is 10.3 Å². The Hall–Kier alpha value is -5.32. The van der Waals surface area contributed by atoms with E-state index in [1.165, 1.54) is 11.4 Å². The zero-order valence-electron chi connectivity index (χ0n) is 32.5. The number of methoxy groups -OCH3 is 1. The number of nitrogens with zero attached hydrogens (tertiary/aromatic N) is 5. The van der Waals surface area contributed by atoms with Gasteiger partial charge in [-0.2, -0.15) is 4.98 Å². The lowest BCUT2D eigenvalue weighted by Gasteiger charge is -2.29. The number of aromatic nitrogens is 2. The van der Waals surface area contributed by atoms with Crippen LogP contribution in [0.15, 0.2) is 97.2 Å². The molecule has 0 radical (unpaired) electrons. The molecule has 6 rings (SSSR count). The third kappa shape index (κ3) is 9.98. The molecule has 0 spiro atoms. The number of carbonyl (C=O) groups is 1. The normalized spacial score (nSPS) is 15.3. The first-order valence-corrected chi connectivity index (χ1v) is 20.0. The van der Waals surface area contributed by atoms with Crippen molar-refractivity contribution in [2.45, 2.75) is 18.4 Å². The summed E-state index contributed by atoms with van der Waals surface area (Å²) in [5.74, 6) is 0.316. The topological polar surface area (TPSA) is 156 Å². The summed E-state index contributed by atoms with van der Waals surface area (Å²) in [6.45, 7) is 3.15. The minimum atomic E-state index is -3.11. The monoisotopic (exact) mass is 798 g/mol. The zero-order valence-corrected chi connectivity index (χ0v) is 33.3. The molecule has 0 aliphatic carbocycles. The van der Waals surface area contributed by atoms with Gasteiger partial charge in [0.1, 0.15) is 11.9 Å². The number of hydrogen-bond donors (Lipinski definition) is 3. The Morgan fingerprint density at radius 1 is 0.860 bits per heavy atom. The molecule has 57 heavy (non-hydrogen) atoms. The van der Waals surface area contributed by atoms with Crippen molar-refractivity contribution in [2.75, 3.05) is 100.0 Å². The summed E-state index contributed by atoms with van der Waals surface area (Å²) in [6, 6.07) is 28.0. The van der Waals surface area contributed by atoms with Crippen molar-refractivity contribution in [3.8, 4) is 11.1 Å². The van der Waals surface area contributed by atoms with Gasteiger partial charge in [0.05, 0.1) is 64.7 Å². The van der Waals surface area contributed by atoms with Gasteiger partial charge in [-0.1, -0.05) is 66.7 Å². The number of nitrogens with one attached hydrogen (secondary N) is 1. The summed E-state index contributed by atoms with van der Waals surface area (Å²) in [4.78, 5) is 27.2. The standard InChI is InChI=1S/C42H50N6O8S/c1-46(2)37-16-8-15-35-34(37)14-9-17-38(35)48(57(51)52)32-13-7-12-31(28-32)36-29-44-42(43-19-22-54-24-26-56-27-25-55-23-21-49)45-40(36)47-20-18-33(39(47)41(50)53-3)30-10-5-4-6-11-30/h4-17,28-29,33,39,49,57H,18-27H2,1-3H3,(H,43,44,45). The van der Waals surface area contributed by atoms with Crippen molar-refractivity contribution in [3.05, 3.63) is 103 Å². The lowest BCUT2D eigenvalue weighted by atomic mass is 9.91. The summed E-state index contributed by atoms with van der Waals surface area (Å²) in [5, 5.41) is 13.7. The van der Waals surface area contributed by atoms with Crippen LogP contribution in [0.1, 0.15) is 17.9 Å². The maximum Gasteiger partial charge on any atom is 0.329 e. The van der Waals surface area contributed by atoms with Gasteiger partial charge < -0.3 is 39.2 Å². The Balaban J connectivity index is 1.32. The predicted molar refractivity (Wildman–Crippen MR) is 223 cm³/mol. The van der Waals surface area contributed by atoms with E-state index in [-0.39, 0.29) is 25.1 Å². The van der Waals surface area contributed by atoms with Crippen molar-refractivity contribution in [3.63, 3.8) is 0 Å². The quantitative estimate of drug-likeness (QED) is 0.0549. The Morgan fingerprint density at radius 3 is 2.21 bits per heavy atom. The van der Waals surface area contributed by atoms with Gasteiger partial charge in [-0.25, -0.2) is 22.5 Å². The minimum absolute atomic E-state index is 0.0228. The largest absolute Gasteiger partial charge is 0.467 e. The predicted octanol–water partition coefficient (Wildman–Crippen LogP) is 5.02. The van der Waals surface area contributed by atoms with Gasteiger partial charge in [0.25, 0.3) is 0 Å². The van der Waals surface area contributed by atoms with Crippen LogP contribution in [0.25, 0.3) is 21.9 Å². The van der Waals surface area contributed by atoms with E-state index in [9.17, 15) is 13.2 Å². The third-order valence-corrected chi connectivity index (χ3v) is 10.5. The van der Waals surface area contributed by atoms with E-state index in [1.807, 2.05) is 96.7 Å².